The van der Waals surface area contributed by atoms with Gasteiger partial charge in [-0.1, -0.05) is 6.92 Å². The lowest BCUT2D eigenvalue weighted by Crippen LogP contribution is -2.40. The van der Waals surface area contributed by atoms with Crippen molar-refractivity contribution in [1.82, 2.24) is 15.4 Å². The Morgan fingerprint density at radius 1 is 1.55 bits per heavy atom. The molecular formula is C11H11FN5O5-. The monoisotopic (exact) mass is 312 g/mol. The first-order valence-corrected chi connectivity index (χ1v) is 5.84. The molecule has 0 spiro atoms. The van der Waals surface area contributed by atoms with Crippen molar-refractivity contribution in [3.8, 4) is 0 Å². The molecule has 2 rings (SSSR count). The van der Waals surface area contributed by atoms with E-state index in [4.69, 9.17) is 9.90 Å². The molecule has 1 aromatic heterocycles. The second-order valence-corrected chi connectivity index (χ2v) is 3.88. The van der Waals surface area contributed by atoms with Crippen molar-refractivity contribution in [2.75, 3.05) is 0 Å². The zero-order valence-corrected chi connectivity index (χ0v) is 11.3. The number of nitrogens with one attached hydrogen (secondary N) is 2. The van der Waals surface area contributed by atoms with Gasteiger partial charge in [-0.25, -0.2) is 10.6 Å². The number of nitro groups is 1. The minimum atomic E-state index is -1.47. The van der Waals surface area contributed by atoms with E-state index < -0.39 is 28.2 Å². The molecule has 0 fully saturated rings. The Balaban J connectivity index is 0.000000422. The van der Waals surface area contributed by atoms with Crippen LogP contribution in [0, 0.1) is 15.9 Å². The maximum Gasteiger partial charge on any atom is 0.345 e. The van der Waals surface area contributed by atoms with Gasteiger partial charge in [-0.2, -0.15) is 9.37 Å². The van der Waals surface area contributed by atoms with E-state index in [0.717, 1.165) is 12.1 Å². The van der Waals surface area contributed by atoms with E-state index in [-0.39, 0.29) is 5.52 Å². The summed E-state index contributed by atoms with van der Waals surface area (Å²) >= 11 is 0. The fourth-order valence-corrected chi connectivity index (χ4v) is 1.64. The highest BCUT2D eigenvalue weighted by molar-refractivity contribution is 5.83. The third-order valence-corrected chi connectivity index (χ3v) is 2.54. The van der Waals surface area contributed by atoms with Crippen LogP contribution in [0.1, 0.15) is 12.6 Å². The average molecular weight is 312 g/mol. The number of benzene rings is 1. The number of amides is 1. The van der Waals surface area contributed by atoms with Crippen LogP contribution >= 0.6 is 0 Å². The van der Waals surface area contributed by atoms with Crippen molar-refractivity contribution in [2.45, 2.75) is 13.3 Å². The van der Waals surface area contributed by atoms with Gasteiger partial charge in [-0.05, 0) is 12.5 Å². The van der Waals surface area contributed by atoms with Crippen LogP contribution in [0.15, 0.2) is 16.9 Å². The molecule has 2 aromatic rings. The quantitative estimate of drug-likeness (QED) is 0.286. The predicted molar refractivity (Wildman–Crippen MR) is 71.1 cm³/mol. The highest BCUT2D eigenvalue weighted by Crippen LogP contribution is 2.24. The van der Waals surface area contributed by atoms with E-state index in [9.17, 15) is 19.3 Å². The Morgan fingerprint density at radius 3 is 2.59 bits per heavy atom. The van der Waals surface area contributed by atoms with Crippen LogP contribution in [-0.2, 0) is 6.42 Å². The molecule has 4 N–H and O–H groups in total. The number of carbonyl (C=O) groups excluding carboxylic acids is 1. The molecule has 1 amide bonds. The fraction of sp³-hybridized carbons (Fsp3) is 0.182. The summed E-state index contributed by atoms with van der Waals surface area (Å²) in [6, 6.07) is 1.99. The number of aromatic nitrogens is 2. The highest BCUT2D eigenvalue weighted by Gasteiger charge is 2.17. The molecule has 118 valence electrons. The maximum atomic E-state index is 13.4. The van der Waals surface area contributed by atoms with E-state index in [0.29, 0.717) is 17.5 Å². The Morgan fingerprint density at radius 2 is 2.14 bits per heavy atom. The molecule has 11 heteroatoms. The molecular weight excluding hydrogens is 301 g/mol. The van der Waals surface area contributed by atoms with Crippen LogP contribution in [-0.4, -0.2) is 21.0 Å². The number of nitro benzene ring substituents is 1. The Labute approximate surface area is 121 Å². The second kappa shape index (κ2) is 7.08. The molecule has 22 heavy (non-hydrogen) atoms. The van der Waals surface area contributed by atoms with Gasteiger partial charge in [-0.3, -0.25) is 10.1 Å². The molecule has 10 nitrogen and oxygen atoms in total. The molecule has 0 aliphatic carbocycles. The number of H-pyrrole nitrogens is 1. The number of rotatable bonds is 2. The van der Waals surface area contributed by atoms with Gasteiger partial charge >= 0.3 is 11.4 Å². The van der Waals surface area contributed by atoms with Gasteiger partial charge in [0.15, 0.2) is 0 Å². The minimum Gasteiger partial charge on any atom is -0.529 e. The van der Waals surface area contributed by atoms with Crippen molar-refractivity contribution in [2.24, 2.45) is 5.84 Å². The van der Waals surface area contributed by atoms with Gasteiger partial charge in [0.25, 0.3) is 0 Å². The standard InChI is InChI=1S/C10H8FN3O3.CH4N2O2/c1-2-7-5-3-6(11)9(14(16)17)4-8(5)13-10(15)12-7;2-3-1(4)5/h3-4H,2H2,1H3,(H,12,13,15);3H,2H2,(H,4,5)/p-1. The number of aromatic amines is 1. The van der Waals surface area contributed by atoms with Crippen molar-refractivity contribution >= 4 is 22.7 Å². The lowest BCUT2D eigenvalue weighted by Gasteiger charge is -2.03. The third-order valence-electron chi connectivity index (χ3n) is 2.54. The smallest absolute Gasteiger partial charge is 0.345 e. The molecule has 0 aliphatic rings. The molecule has 0 saturated heterocycles. The first-order valence-electron chi connectivity index (χ1n) is 5.84. The number of carboxylic acid groups (broad SMARTS) is 1. The van der Waals surface area contributed by atoms with Gasteiger partial charge in [0.05, 0.1) is 10.4 Å². The van der Waals surface area contributed by atoms with Crippen LogP contribution in [0.5, 0.6) is 0 Å². The van der Waals surface area contributed by atoms with Gasteiger partial charge in [-0.15, -0.1) is 0 Å². The second-order valence-electron chi connectivity index (χ2n) is 3.88. The van der Waals surface area contributed by atoms with Crippen molar-refractivity contribution < 1.29 is 19.2 Å². The molecule has 0 unspecified atom stereocenters. The first kappa shape index (κ1) is 17.0. The number of halogens is 1. The van der Waals surface area contributed by atoms with Crippen LogP contribution < -0.4 is 22.1 Å². The molecule has 0 aliphatic heterocycles. The third kappa shape index (κ3) is 3.96. The van der Waals surface area contributed by atoms with Crippen molar-refractivity contribution in [3.05, 3.63) is 44.2 Å². The van der Waals surface area contributed by atoms with Crippen molar-refractivity contribution in [1.29, 1.82) is 0 Å². The predicted octanol–water partition coefficient (Wildman–Crippen LogP) is -0.674. The molecule has 1 heterocycles. The van der Waals surface area contributed by atoms with E-state index in [2.05, 4.69) is 15.8 Å². The molecule has 1 aromatic carbocycles. The van der Waals surface area contributed by atoms with Crippen LogP contribution in [0.25, 0.3) is 10.9 Å². The average Bonchev–Trinajstić information content (AvgIpc) is 2.46. The normalized spacial score (nSPS) is 9.77. The van der Waals surface area contributed by atoms with E-state index >= 15 is 0 Å². The Kier molecular flexibility index (Phi) is 5.46. The number of fused-ring (bicyclic) bond motifs is 1. The zero-order chi connectivity index (χ0) is 16.9. The molecule has 0 bridgehead atoms. The van der Waals surface area contributed by atoms with Gasteiger partial charge in [0.1, 0.15) is 6.09 Å². The summed E-state index contributed by atoms with van der Waals surface area (Å²) in [5.41, 5.74) is 0.681. The molecule has 0 saturated carbocycles. The fourth-order valence-electron chi connectivity index (χ4n) is 1.64. The summed E-state index contributed by atoms with van der Waals surface area (Å²) in [6.07, 6.45) is -0.990. The summed E-state index contributed by atoms with van der Waals surface area (Å²) in [6.45, 7) is 1.78. The minimum absolute atomic E-state index is 0.124. The summed E-state index contributed by atoms with van der Waals surface area (Å²) < 4.78 is 13.4. The maximum absolute atomic E-state index is 13.4. The summed E-state index contributed by atoms with van der Waals surface area (Å²) in [4.78, 5) is 36.0. The summed E-state index contributed by atoms with van der Waals surface area (Å²) in [7, 11) is 0. The van der Waals surface area contributed by atoms with E-state index in [1.54, 1.807) is 6.92 Å². The summed E-state index contributed by atoms with van der Waals surface area (Å²) in [5.74, 6) is 3.32. The largest absolute Gasteiger partial charge is 0.529 e. The van der Waals surface area contributed by atoms with Crippen LogP contribution in [0.2, 0.25) is 0 Å². The first-order chi connectivity index (χ1) is 10.3. The number of carbonyl (C=O) groups is 1. The topological polar surface area (TPSA) is 167 Å². The van der Waals surface area contributed by atoms with Gasteiger partial charge in [0, 0.05) is 17.1 Å². The lowest BCUT2D eigenvalue weighted by molar-refractivity contribution is -0.387. The van der Waals surface area contributed by atoms with Gasteiger partial charge < -0.3 is 20.3 Å². The number of hydrogen-bond donors (Lipinski definition) is 3. The lowest BCUT2D eigenvalue weighted by atomic mass is 10.1. The number of aryl methyl sites for hydroxylation is 1. The number of hydrogen-bond acceptors (Lipinski definition) is 7. The Hall–Kier alpha value is -3.08. The number of nitrogens with two attached hydrogens (primary N) is 1. The van der Waals surface area contributed by atoms with E-state index in [1.807, 2.05) is 0 Å². The van der Waals surface area contributed by atoms with Crippen LogP contribution in [0.3, 0.4) is 0 Å². The summed E-state index contributed by atoms with van der Waals surface area (Å²) in [5, 5.41) is 20.0. The number of hydrazine groups is 1. The molecule has 0 radical (unpaired) electrons. The number of nitrogens with zero attached hydrogens (tertiary/aromatic N) is 2. The van der Waals surface area contributed by atoms with Crippen LogP contribution in [0.4, 0.5) is 14.9 Å². The Bertz CT molecular complexity index is 775. The van der Waals surface area contributed by atoms with Gasteiger partial charge in [0.2, 0.25) is 5.82 Å². The molecule has 0 atom stereocenters. The van der Waals surface area contributed by atoms with E-state index in [1.165, 1.54) is 5.43 Å². The highest BCUT2D eigenvalue weighted by atomic mass is 19.1. The van der Waals surface area contributed by atoms with Crippen molar-refractivity contribution in [3.63, 3.8) is 0 Å². The zero-order valence-electron chi connectivity index (χ0n) is 11.3. The SMILES string of the molecule is CCc1[nH]c(=O)nc2cc([N+](=O)[O-])c(F)cc12.NNC(=O)[O-].